The van der Waals surface area contributed by atoms with E-state index in [1.54, 1.807) is 6.07 Å². The number of anilines is 3. The SMILES string of the molecule is Cc1ccc(CNc2nncc(Nc3cc(C)on3)n2)cc1. The normalized spacial score (nSPS) is 10.5. The molecular weight excluding hydrogens is 280 g/mol. The predicted octanol–water partition coefficient (Wildman–Crippen LogP) is 2.83. The molecule has 0 radical (unpaired) electrons. The van der Waals surface area contributed by atoms with Crippen LogP contribution in [0.1, 0.15) is 16.9 Å². The van der Waals surface area contributed by atoms with Crippen LogP contribution < -0.4 is 10.6 Å². The molecule has 2 aromatic heterocycles. The molecule has 1 aromatic carbocycles. The van der Waals surface area contributed by atoms with Crippen LogP contribution in [0.15, 0.2) is 41.1 Å². The van der Waals surface area contributed by atoms with E-state index in [1.807, 2.05) is 6.92 Å². The third kappa shape index (κ3) is 3.57. The number of hydrogen-bond donors (Lipinski definition) is 2. The largest absolute Gasteiger partial charge is 0.360 e. The lowest BCUT2D eigenvalue weighted by Crippen LogP contribution is -2.06. The summed E-state index contributed by atoms with van der Waals surface area (Å²) in [5, 5.41) is 17.9. The zero-order chi connectivity index (χ0) is 15.4. The van der Waals surface area contributed by atoms with E-state index in [0.29, 0.717) is 24.1 Å². The molecule has 0 atom stereocenters. The highest BCUT2D eigenvalue weighted by Crippen LogP contribution is 2.14. The van der Waals surface area contributed by atoms with E-state index in [2.05, 4.69) is 62.2 Å². The van der Waals surface area contributed by atoms with Gasteiger partial charge in [-0.15, -0.1) is 5.10 Å². The van der Waals surface area contributed by atoms with E-state index in [9.17, 15) is 0 Å². The van der Waals surface area contributed by atoms with E-state index in [1.165, 1.54) is 11.8 Å². The van der Waals surface area contributed by atoms with Gasteiger partial charge in [0.1, 0.15) is 5.76 Å². The smallest absolute Gasteiger partial charge is 0.244 e. The molecule has 0 spiro atoms. The molecule has 22 heavy (non-hydrogen) atoms. The van der Waals surface area contributed by atoms with Gasteiger partial charge in [0.25, 0.3) is 0 Å². The van der Waals surface area contributed by atoms with Crippen molar-refractivity contribution in [3.05, 3.63) is 53.4 Å². The van der Waals surface area contributed by atoms with Crippen molar-refractivity contribution < 1.29 is 4.52 Å². The number of hydrogen-bond acceptors (Lipinski definition) is 7. The predicted molar refractivity (Wildman–Crippen MR) is 82.9 cm³/mol. The first-order valence-electron chi connectivity index (χ1n) is 6.88. The third-order valence-corrected chi connectivity index (χ3v) is 3.01. The highest BCUT2D eigenvalue weighted by molar-refractivity contribution is 5.51. The quantitative estimate of drug-likeness (QED) is 0.748. The number of benzene rings is 1. The molecule has 7 heteroatoms. The van der Waals surface area contributed by atoms with Crippen LogP contribution in [-0.2, 0) is 6.54 Å². The van der Waals surface area contributed by atoms with Crippen LogP contribution >= 0.6 is 0 Å². The molecule has 0 bridgehead atoms. The summed E-state index contributed by atoms with van der Waals surface area (Å²) in [6.07, 6.45) is 1.53. The van der Waals surface area contributed by atoms with Crippen LogP contribution in [0, 0.1) is 13.8 Å². The highest BCUT2D eigenvalue weighted by atomic mass is 16.5. The molecule has 0 aliphatic heterocycles. The minimum absolute atomic E-state index is 0.450. The van der Waals surface area contributed by atoms with E-state index in [0.717, 1.165) is 11.3 Å². The summed E-state index contributed by atoms with van der Waals surface area (Å²) < 4.78 is 4.99. The first kappa shape index (κ1) is 14.0. The van der Waals surface area contributed by atoms with Gasteiger partial charge in [0.05, 0.1) is 6.20 Å². The Morgan fingerprint density at radius 1 is 1.09 bits per heavy atom. The lowest BCUT2D eigenvalue weighted by Gasteiger charge is -2.06. The summed E-state index contributed by atoms with van der Waals surface area (Å²) in [7, 11) is 0. The minimum Gasteiger partial charge on any atom is -0.360 e. The van der Waals surface area contributed by atoms with Gasteiger partial charge in [0, 0.05) is 12.6 Å². The molecule has 0 saturated carbocycles. The molecule has 0 saturated heterocycles. The van der Waals surface area contributed by atoms with E-state index in [4.69, 9.17) is 4.52 Å². The van der Waals surface area contributed by atoms with Gasteiger partial charge in [-0.05, 0) is 19.4 Å². The van der Waals surface area contributed by atoms with Crippen molar-refractivity contribution in [3.8, 4) is 0 Å². The molecule has 112 valence electrons. The number of nitrogens with one attached hydrogen (secondary N) is 2. The monoisotopic (exact) mass is 296 g/mol. The number of nitrogens with zero attached hydrogens (tertiary/aromatic N) is 4. The van der Waals surface area contributed by atoms with Crippen LogP contribution in [0.25, 0.3) is 0 Å². The summed E-state index contributed by atoms with van der Waals surface area (Å²) in [5.74, 6) is 2.31. The molecule has 7 nitrogen and oxygen atoms in total. The van der Waals surface area contributed by atoms with Crippen molar-refractivity contribution in [2.75, 3.05) is 10.6 Å². The lowest BCUT2D eigenvalue weighted by atomic mass is 10.1. The van der Waals surface area contributed by atoms with Crippen LogP contribution in [0.3, 0.4) is 0 Å². The summed E-state index contributed by atoms with van der Waals surface area (Å²) in [5.41, 5.74) is 2.38. The Morgan fingerprint density at radius 2 is 1.91 bits per heavy atom. The molecule has 0 aliphatic rings. The van der Waals surface area contributed by atoms with Gasteiger partial charge in [0.2, 0.25) is 5.95 Å². The number of aromatic nitrogens is 4. The van der Waals surface area contributed by atoms with Gasteiger partial charge < -0.3 is 15.2 Å². The summed E-state index contributed by atoms with van der Waals surface area (Å²) in [4.78, 5) is 4.33. The molecule has 3 rings (SSSR count). The maximum Gasteiger partial charge on any atom is 0.244 e. The number of aryl methyl sites for hydroxylation is 2. The van der Waals surface area contributed by atoms with E-state index >= 15 is 0 Å². The van der Waals surface area contributed by atoms with Crippen LogP contribution in [0.5, 0.6) is 0 Å². The topological polar surface area (TPSA) is 88.8 Å². The van der Waals surface area contributed by atoms with E-state index < -0.39 is 0 Å². The maximum atomic E-state index is 4.99. The summed E-state index contributed by atoms with van der Waals surface area (Å²) >= 11 is 0. The summed E-state index contributed by atoms with van der Waals surface area (Å²) in [6.45, 7) is 4.52. The summed E-state index contributed by atoms with van der Waals surface area (Å²) in [6, 6.07) is 10.1. The Kier molecular flexibility index (Phi) is 3.95. The second-order valence-corrected chi connectivity index (χ2v) is 4.95. The molecule has 0 amide bonds. The molecular formula is C15H16N6O. The maximum absolute atomic E-state index is 4.99. The van der Waals surface area contributed by atoms with Gasteiger partial charge in [-0.2, -0.15) is 10.1 Å². The van der Waals surface area contributed by atoms with Gasteiger partial charge in [-0.1, -0.05) is 35.0 Å². The van der Waals surface area contributed by atoms with Crippen molar-refractivity contribution in [3.63, 3.8) is 0 Å². The van der Waals surface area contributed by atoms with Crippen molar-refractivity contribution in [1.29, 1.82) is 0 Å². The highest BCUT2D eigenvalue weighted by Gasteiger charge is 2.04. The fraction of sp³-hybridized carbons (Fsp3) is 0.200. The van der Waals surface area contributed by atoms with Gasteiger partial charge in [-0.3, -0.25) is 0 Å². The Bertz CT molecular complexity index is 753. The van der Waals surface area contributed by atoms with Crippen LogP contribution in [-0.4, -0.2) is 20.3 Å². The average molecular weight is 296 g/mol. The van der Waals surface area contributed by atoms with Gasteiger partial charge in [-0.25, -0.2) is 0 Å². The molecule has 2 heterocycles. The second-order valence-electron chi connectivity index (χ2n) is 4.95. The standard InChI is InChI=1S/C15H16N6O/c1-10-3-5-12(6-4-10)8-16-15-19-14(9-17-20-15)18-13-7-11(2)22-21-13/h3-7,9H,8H2,1-2H3,(H2,16,18,19,20,21). The van der Waals surface area contributed by atoms with Crippen LogP contribution in [0.2, 0.25) is 0 Å². The van der Waals surface area contributed by atoms with E-state index in [-0.39, 0.29) is 0 Å². The molecule has 2 N–H and O–H groups in total. The minimum atomic E-state index is 0.450. The fourth-order valence-electron chi connectivity index (χ4n) is 1.88. The second kappa shape index (κ2) is 6.21. The Balaban J connectivity index is 1.64. The first-order chi connectivity index (χ1) is 10.7. The molecule has 0 unspecified atom stereocenters. The Morgan fingerprint density at radius 3 is 2.64 bits per heavy atom. The third-order valence-electron chi connectivity index (χ3n) is 3.01. The van der Waals surface area contributed by atoms with Gasteiger partial charge >= 0.3 is 0 Å². The van der Waals surface area contributed by atoms with Crippen molar-refractivity contribution >= 4 is 17.6 Å². The number of rotatable bonds is 5. The molecule has 0 fully saturated rings. The van der Waals surface area contributed by atoms with Crippen LogP contribution in [0.4, 0.5) is 17.6 Å². The molecule has 3 aromatic rings. The van der Waals surface area contributed by atoms with Crippen molar-refractivity contribution in [1.82, 2.24) is 20.3 Å². The lowest BCUT2D eigenvalue weighted by molar-refractivity contribution is 0.400. The van der Waals surface area contributed by atoms with Gasteiger partial charge in [0.15, 0.2) is 11.6 Å². The zero-order valence-corrected chi connectivity index (χ0v) is 12.4. The fourth-order valence-corrected chi connectivity index (χ4v) is 1.88. The Hall–Kier alpha value is -2.96. The average Bonchev–Trinajstić information content (AvgIpc) is 2.92. The van der Waals surface area contributed by atoms with Crippen molar-refractivity contribution in [2.45, 2.75) is 20.4 Å². The first-order valence-corrected chi connectivity index (χ1v) is 6.88. The Labute approximate surface area is 127 Å². The molecule has 0 aliphatic carbocycles. The van der Waals surface area contributed by atoms with Crippen molar-refractivity contribution in [2.24, 2.45) is 0 Å². The zero-order valence-electron chi connectivity index (χ0n) is 12.4.